The van der Waals surface area contributed by atoms with E-state index in [2.05, 4.69) is 57.1 Å². The SMILES string of the molecule is CC(C)CN(CCN(C)C)C(=O)NC1CC(C)(C)NC(C)(C)C1. The van der Waals surface area contributed by atoms with Crippen molar-refractivity contribution in [1.82, 2.24) is 20.4 Å². The van der Waals surface area contributed by atoms with Gasteiger partial charge in [-0.05, 0) is 60.5 Å². The van der Waals surface area contributed by atoms with Gasteiger partial charge in [-0.15, -0.1) is 0 Å². The van der Waals surface area contributed by atoms with Gasteiger partial charge in [0.25, 0.3) is 0 Å². The molecule has 1 rings (SSSR count). The molecule has 2 N–H and O–H groups in total. The summed E-state index contributed by atoms with van der Waals surface area (Å²) in [6.45, 7) is 15.6. The number of hydrogen-bond acceptors (Lipinski definition) is 3. The van der Waals surface area contributed by atoms with Crippen LogP contribution in [0.2, 0.25) is 0 Å². The summed E-state index contributed by atoms with van der Waals surface area (Å²) < 4.78 is 0. The van der Waals surface area contributed by atoms with Crippen LogP contribution in [0.3, 0.4) is 0 Å². The molecular formula is C18H38N4O. The van der Waals surface area contributed by atoms with Crippen molar-refractivity contribution in [3.8, 4) is 0 Å². The number of piperidine rings is 1. The molecule has 0 aromatic carbocycles. The van der Waals surface area contributed by atoms with Crippen molar-refractivity contribution in [2.24, 2.45) is 5.92 Å². The smallest absolute Gasteiger partial charge is 0.317 e. The Balaban J connectivity index is 2.69. The highest BCUT2D eigenvalue weighted by Gasteiger charge is 2.38. The fraction of sp³-hybridized carbons (Fsp3) is 0.944. The molecule has 5 heteroatoms. The summed E-state index contributed by atoms with van der Waals surface area (Å²) in [5.74, 6) is 0.476. The lowest BCUT2D eigenvalue weighted by atomic mass is 9.79. The zero-order valence-electron chi connectivity index (χ0n) is 16.5. The predicted molar refractivity (Wildman–Crippen MR) is 97.8 cm³/mol. The highest BCUT2D eigenvalue weighted by molar-refractivity contribution is 5.74. The van der Waals surface area contributed by atoms with E-state index in [0.29, 0.717) is 5.92 Å². The molecule has 0 bridgehead atoms. The molecule has 0 radical (unpaired) electrons. The number of likely N-dealkylation sites (N-methyl/N-ethyl adjacent to an activating group) is 1. The van der Waals surface area contributed by atoms with E-state index in [0.717, 1.165) is 32.5 Å². The van der Waals surface area contributed by atoms with Crippen LogP contribution in [0.15, 0.2) is 0 Å². The molecule has 0 spiro atoms. The fourth-order valence-corrected chi connectivity index (χ4v) is 3.73. The van der Waals surface area contributed by atoms with Crippen molar-refractivity contribution < 1.29 is 4.79 Å². The van der Waals surface area contributed by atoms with Crippen molar-refractivity contribution in [3.05, 3.63) is 0 Å². The molecule has 1 fully saturated rings. The van der Waals surface area contributed by atoms with Gasteiger partial charge in [0.2, 0.25) is 0 Å². The van der Waals surface area contributed by atoms with Crippen molar-refractivity contribution in [3.63, 3.8) is 0 Å². The van der Waals surface area contributed by atoms with E-state index in [1.165, 1.54) is 0 Å². The second kappa shape index (κ2) is 7.84. The molecule has 0 aromatic heterocycles. The fourth-order valence-electron chi connectivity index (χ4n) is 3.73. The van der Waals surface area contributed by atoms with Gasteiger partial charge in [-0.1, -0.05) is 13.8 Å². The Morgan fingerprint density at radius 2 is 1.65 bits per heavy atom. The minimum absolute atomic E-state index is 0.0478. The van der Waals surface area contributed by atoms with Crippen LogP contribution in [0.5, 0.6) is 0 Å². The van der Waals surface area contributed by atoms with E-state index in [9.17, 15) is 4.79 Å². The van der Waals surface area contributed by atoms with Gasteiger partial charge >= 0.3 is 6.03 Å². The van der Waals surface area contributed by atoms with Gasteiger partial charge in [0.15, 0.2) is 0 Å². The number of carbonyl (C=O) groups excluding carboxylic acids is 1. The van der Waals surface area contributed by atoms with Crippen LogP contribution in [0, 0.1) is 5.92 Å². The number of nitrogens with one attached hydrogen (secondary N) is 2. The number of nitrogens with zero attached hydrogens (tertiary/aromatic N) is 2. The third kappa shape index (κ3) is 7.53. The third-order valence-corrected chi connectivity index (χ3v) is 4.21. The van der Waals surface area contributed by atoms with Gasteiger partial charge in [0.1, 0.15) is 0 Å². The Morgan fingerprint density at radius 1 is 1.13 bits per heavy atom. The Morgan fingerprint density at radius 3 is 2.09 bits per heavy atom. The third-order valence-electron chi connectivity index (χ3n) is 4.21. The maximum atomic E-state index is 12.8. The zero-order chi connectivity index (χ0) is 17.8. The number of amides is 2. The van der Waals surface area contributed by atoms with Crippen molar-refractivity contribution in [1.29, 1.82) is 0 Å². The van der Waals surface area contributed by atoms with Crippen LogP contribution in [-0.4, -0.2) is 66.7 Å². The van der Waals surface area contributed by atoms with Gasteiger partial charge in [-0.3, -0.25) is 0 Å². The molecule has 5 nitrogen and oxygen atoms in total. The average Bonchev–Trinajstić information content (AvgIpc) is 2.29. The van der Waals surface area contributed by atoms with Gasteiger partial charge in [0, 0.05) is 36.8 Å². The van der Waals surface area contributed by atoms with E-state index >= 15 is 0 Å². The number of carbonyl (C=O) groups is 1. The first-order valence-electron chi connectivity index (χ1n) is 8.90. The quantitative estimate of drug-likeness (QED) is 0.788. The van der Waals surface area contributed by atoms with E-state index in [1.807, 2.05) is 19.0 Å². The summed E-state index contributed by atoms with van der Waals surface area (Å²) in [5, 5.41) is 6.95. The molecule has 0 aromatic rings. The molecule has 1 aliphatic heterocycles. The number of rotatable bonds is 6. The van der Waals surface area contributed by atoms with Gasteiger partial charge in [-0.2, -0.15) is 0 Å². The number of urea groups is 1. The molecular weight excluding hydrogens is 288 g/mol. The second-order valence-corrected chi connectivity index (χ2v) is 9.09. The molecule has 1 saturated heterocycles. The monoisotopic (exact) mass is 326 g/mol. The van der Waals surface area contributed by atoms with Crippen LogP contribution in [-0.2, 0) is 0 Å². The van der Waals surface area contributed by atoms with Gasteiger partial charge in [0.05, 0.1) is 0 Å². The zero-order valence-corrected chi connectivity index (χ0v) is 16.5. The molecule has 2 amide bonds. The van der Waals surface area contributed by atoms with Crippen molar-refractivity contribution in [2.45, 2.75) is 71.5 Å². The predicted octanol–water partition coefficient (Wildman–Crippen LogP) is 2.52. The lowest BCUT2D eigenvalue weighted by Crippen LogP contribution is -2.63. The summed E-state index contributed by atoms with van der Waals surface area (Å²) in [4.78, 5) is 16.8. The standard InChI is InChI=1S/C18H38N4O/c1-14(2)13-22(10-9-21(7)8)16(23)19-15-11-17(3,4)20-18(5,6)12-15/h14-15,20H,9-13H2,1-8H3,(H,19,23). The summed E-state index contributed by atoms with van der Waals surface area (Å²) >= 11 is 0. The molecule has 0 unspecified atom stereocenters. The summed E-state index contributed by atoms with van der Waals surface area (Å²) in [7, 11) is 4.09. The molecule has 1 heterocycles. The van der Waals surface area contributed by atoms with Crippen LogP contribution >= 0.6 is 0 Å². The van der Waals surface area contributed by atoms with Crippen LogP contribution < -0.4 is 10.6 Å². The Hall–Kier alpha value is -0.810. The van der Waals surface area contributed by atoms with Gasteiger partial charge in [-0.25, -0.2) is 4.79 Å². The van der Waals surface area contributed by atoms with E-state index < -0.39 is 0 Å². The molecule has 1 aliphatic rings. The Labute approximate surface area is 143 Å². The largest absolute Gasteiger partial charge is 0.335 e. The first kappa shape index (κ1) is 20.2. The average molecular weight is 327 g/mol. The normalized spacial score (nSPS) is 20.8. The van der Waals surface area contributed by atoms with Crippen molar-refractivity contribution >= 4 is 6.03 Å². The van der Waals surface area contributed by atoms with Crippen LogP contribution in [0.1, 0.15) is 54.4 Å². The van der Waals surface area contributed by atoms with Gasteiger partial charge < -0.3 is 20.4 Å². The molecule has 136 valence electrons. The maximum absolute atomic E-state index is 12.8. The highest BCUT2D eigenvalue weighted by atomic mass is 16.2. The van der Waals surface area contributed by atoms with E-state index in [4.69, 9.17) is 0 Å². The molecule has 0 saturated carbocycles. The first-order chi connectivity index (χ1) is 10.4. The summed E-state index contributed by atoms with van der Waals surface area (Å²) in [5.41, 5.74) is 0.0957. The Bertz CT molecular complexity index is 374. The molecule has 23 heavy (non-hydrogen) atoms. The first-order valence-corrected chi connectivity index (χ1v) is 8.90. The summed E-state index contributed by atoms with van der Waals surface area (Å²) in [6.07, 6.45) is 1.93. The molecule has 0 aliphatic carbocycles. The molecule has 0 atom stereocenters. The van der Waals surface area contributed by atoms with E-state index in [-0.39, 0.29) is 23.2 Å². The Kier molecular flexibility index (Phi) is 6.90. The highest BCUT2D eigenvalue weighted by Crippen LogP contribution is 2.28. The second-order valence-electron chi connectivity index (χ2n) is 9.09. The lowest BCUT2D eigenvalue weighted by Gasteiger charge is -2.47. The van der Waals surface area contributed by atoms with Crippen molar-refractivity contribution in [2.75, 3.05) is 33.7 Å². The van der Waals surface area contributed by atoms with E-state index in [1.54, 1.807) is 0 Å². The van der Waals surface area contributed by atoms with Crippen LogP contribution in [0.4, 0.5) is 4.79 Å². The number of hydrogen-bond donors (Lipinski definition) is 2. The van der Waals surface area contributed by atoms with Crippen LogP contribution in [0.25, 0.3) is 0 Å². The maximum Gasteiger partial charge on any atom is 0.317 e. The minimum atomic E-state index is 0.0478. The summed E-state index contributed by atoms with van der Waals surface area (Å²) in [6, 6.07) is 0.307. The lowest BCUT2D eigenvalue weighted by molar-refractivity contribution is 0.135. The topological polar surface area (TPSA) is 47.6 Å². The minimum Gasteiger partial charge on any atom is -0.335 e.